The van der Waals surface area contributed by atoms with Gasteiger partial charge in [-0.3, -0.25) is 14.4 Å². The molecule has 9 heteroatoms. The Bertz CT molecular complexity index is 1060. The minimum Gasteiger partial charge on any atom is -0.495 e. The number of carbonyl (C=O) groups excluding carboxylic acids is 3. The molecule has 0 aliphatic carbocycles. The highest BCUT2D eigenvalue weighted by atomic mass is 16.5. The molecule has 2 unspecified atom stereocenters. The monoisotopic (exact) mass is 454 g/mol. The maximum absolute atomic E-state index is 12.8. The van der Waals surface area contributed by atoms with E-state index in [-0.39, 0.29) is 25.3 Å². The predicted molar refractivity (Wildman–Crippen MR) is 119 cm³/mol. The van der Waals surface area contributed by atoms with Gasteiger partial charge in [0.25, 0.3) is 0 Å². The lowest BCUT2D eigenvalue weighted by Gasteiger charge is -2.21. The van der Waals surface area contributed by atoms with Gasteiger partial charge in [-0.1, -0.05) is 18.2 Å². The van der Waals surface area contributed by atoms with E-state index in [1.54, 1.807) is 30.3 Å². The van der Waals surface area contributed by atoms with Crippen LogP contribution in [0.15, 0.2) is 42.5 Å². The Hall–Kier alpha value is -3.88. The van der Waals surface area contributed by atoms with Crippen LogP contribution < -0.4 is 19.7 Å². The summed E-state index contributed by atoms with van der Waals surface area (Å²) in [6, 6.07) is 10.6. The van der Waals surface area contributed by atoms with Gasteiger partial charge in [-0.25, -0.2) is 4.79 Å². The first kappa shape index (κ1) is 23.8. The summed E-state index contributed by atoms with van der Waals surface area (Å²) in [5, 5.41) is 12.2. The van der Waals surface area contributed by atoms with Crippen LogP contribution in [0.1, 0.15) is 24.5 Å². The summed E-state index contributed by atoms with van der Waals surface area (Å²) in [4.78, 5) is 49.7. The Balaban J connectivity index is 1.67. The molecule has 2 atom stereocenters. The number of rotatable bonds is 8. The molecule has 0 saturated carbocycles. The first-order valence-corrected chi connectivity index (χ1v) is 10.4. The molecule has 2 N–H and O–H groups in total. The van der Waals surface area contributed by atoms with Crippen LogP contribution in [0.5, 0.6) is 11.5 Å². The van der Waals surface area contributed by atoms with Gasteiger partial charge in [-0.15, -0.1) is 0 Å². The number of benzene rings is 2. The number of carboxylic acids is 1. The van der Waals surface area contributed by atoms with E-state index < -0.39 is 29.8 Å². The van der Waals surface area contributed by atoms with Gasteiger partial charge in [-0.05, 0) is 42.3 Å². The molecule has 1 aliphatic rings. The molecule has 2 amide bonds. The first-order chi connectivity index (χ1) is 15.7. The van der Waals surface area contributed by atoms with Crippen LogP contribution in [0.3, 0.4) is 0 Å². The SMILES string of the molecule is COc1ccc(C)cc1N1CC(C(=O)NC(Cc2ccc(OC(C)=O)cc2)C(=O)O)CC1=O. The topological polar surface area (TPSA) is 122 Å². The summed E-state index contributed by atoms with van der Waals surface area (Å²) in [5.74, 6) is -2.19. The third-order valence-electron chi connectivity index (χ3n) is 5.36. The highest BCUT2D eigenvalue weighted by molar-refractivity contribution is 6.01. The fraction of sp³-hybridized carbons (Fsp3) is 0.333. The van der Waals surface area contributed by atoms with Crippen molar-refractivity contribution in [2.75, 3.05) is 18.6 Å². The minimum absolute atomic E-state index is 0.0215. The maximum atomic E-state index is 12.8. The quantitative estimate of drug-likeness (QED) is 0.463. The Morgan fingerprint density at radius 1 is 1.18 bits per heavy atom. The van der Waals surface area contributed by atoms with E-state index in [0.29, 0.717) is 22.7 Å². The summed E-state index contributed by atoms with van der Waals surface area (Å²) >= 11 is 0. The first-order valence-electron chi connectivity index (χ1n) is 10.4. The van der Waals surface area contributed by atoms with Gasteiger partial charge in [0.15, 0.2) is 0 Å². The van der Waals surface area contributed by atoms with Gasteiger partial charge in [-0.2, -0.15) is 0 Å². The number of aryl methyl sites for hydroxylation is 1. The third-order valence-corrected chi connectivity index (χ3v) is 5.36. The number of hydrogen-bond acceptors (Lipinski definition) is 6. The molecule has 33 heavy (non-hydrogen) atoms. The second kappa shape index (κ2) is 10.2. The van der Waals surface area contributed by atoms with E-state index in [1.807, 2.05) is 19.1 Å². The van der Waals surface area contributed by atoms with Gasteiger partial charge >= 0.3 is 11.9 Å². The van der Waals surface area contributed by atoms with Crippen molar-refractivity contribution in [3.8, 4) is 11.5 Å². The smallest absolute Gasteiger partial charge is 0.326 e. The molecular formula is C24H26N2O7. The van der Waals surface area contributed by atoms with Crippen LogP contribution in [0.4, 0.5) is 5.69 Å². The van der Waals surface area contributed by atoms with Gasteiger partial charge in [0.1, 0.15) is 17.5 Å². The normalized spacial score (nSPS) is 16.3. The molecule has 0 spiro atoms. The minimum atomic E-state index is -1.19. The molecule has 2 aromatic carbocycles. The standard InChI is InChI=1S/C24H26N2O7/c1-14-4-9-21(32-3)20(10-14)26-13-17(12-22(26)28)23(29)25-19(24(30)31)11-16-5-7-18(8-6-16)33-15(2)27/h4-10,17,19H,11-13H2,1-3H3,(H,25,29)(H,30,31). The van der Waals surface area contributed by atoms with Crippen LogP contribution in [0, 0.1) is 12.8 Å². The lowest BCUT2D eigenvalue weighted by molar-refractivity contribution is -0.142. The van der Waals surface area contributed by atoms with Gasteiger partial charge in [0, 0.05) is 26.3 Å². The van der Waals surface area contributed by atoms with Crippen LogP contribution in [-0.4, -0.2) is 48.6 Å². The average molecular weight is 454 g/mol. The van der Waals surface area contributed by atoms with Crippen molar-refractivity contribution in [3.05, 3.63) is 53.6 Å². The zero-order valence-electron chi connectivity index (χ0n) is 18.7. The molecule has 3 rings (SSSR count). The largest absolute Gasteiger partial charge is 0.495 e. The van der Waals surface area contributed by atoms with Crippen molar-refractivity contribution in [1.29, 1.82) is 0 Å². The molecule has 1 fully saturated rings. The van der Waals surface area contributed by atoms with Crippen LogP contribution in [0.2, 0.25) is 0 Å². The molecule has 1 heterocycles. The number of aliphatic carboxylic acids is 1. The number of nitrogens with zero attached hydrogens (tertiary/aromatic N) is 1. The molecule has 9 nitrogen and oxygen atoms in total. The van der Waals surface area contributed by atoms with E-state index >= 15 is 0 Å². The fourth-order valence-corrected chi connectivity index (χ4v) is 3.71. The highest BCUT2D eigenvalue weighted by Crippen LogP contribution is 2.34. The zero-order valence-corrected chi connectivity index (χ0v) is 18.7. The number of nitrogens with one attached hydrogen (secondary N) is 1. The summed E-state index contributed by atoms with van der Waals surface area (Å²) < 4.78 is 10.3. The highest BCUT2D eigenvalue weighted by Gasteiger charge is 2.37. The van der Waals surface area contributed by atoms with E-state index in [0.717, 1.165) is 5.56 Å². The van der Waals surface area contributed by atoms with Crippen molar-refractivity contribution >= 4 is 29.4 Å². The number of carbonyl (C=O) groups is 4. The van der Waals surface area contributed by atoms with Crippen LogP contribution in [0.25, 0.3) is 0 Å². The number of amides is 2. The second-order valence-corrected chi connectivity index (χ2v) is 7.92. The van der Waals surface area contributed by atoms with Gasteiger partial charge in [0.05, 0.1) is 18.7 Å². The number of hydrogen-bond donors (Lipinski definition) is 2. The average Bonchev–Trinajstić information content (AvgIpc) is 3.15. The maximum Gasteiger partial charge on any atom is 0.326 e. The van der Waals surface area contributed by atoms with Crippen molar-refractivity contribution < 1.29 is 33.8 Å². The molecular weight excluding hydrogens is 428 g/mol. The molecule has 0 aromatic heterocycles. The van der Waals surface area contributed by atoms with Crippen LogP contribution in [-0.2, 0) is 25.6 Å². The second-order valence-electron chi connectivity index (χ2n) is 7.92. The molecule has 2 aromatic rings. The molecule has 0 bridgehead atoms. The van der Waals surface area contributed by atoms with Crippen molar-refractivity contribution in [2.24, 2.45) is 5.92 Å². The van der Waals surface area contributed by atoms with Gasteiger partial charge in [0.2, 0.25) is 11.8 Å². The van der Waals surface area contributed by atoms with Crippen LogP contribution >= 0.6 is 0 Å². The Kier molecular flexibility index (Phi) is 7.32. The molecule has 0 radical (unpaired) electrons. The predicted octanol–water partition coefficient (Wildman–Crippen LogP) is 2.09. The Morgan fingerprint density at radius 2 is 1.88 bits per heavy atom. The number of methoxy groups -OCH3 is 1. The van der Waals surface area contributed by atoms with Crippen molar-refractivity contribution in [3.63, 3.8) is 0 Å². The lowest BCUT2D eigenvalue weighted by Crippen LogP contribution is -2.45. The van der Waals surface area contributed by atoms with E-state index in [9.17, 15) is 24.3 Å². The van der Waals surface area contributed by atoms with Crippen molar-refractivity contribution in [2.45, 2.75) is 32.7 Å². The van der Waals surface area contributed by atoms with Crippen molar-refractivity contribution in [1.82, 2.24) is 5.32 Å². The molecule has 174 valence electrons. The molecule has 1 saturated heterocycles. The summed E-state index contributed by atoms with van der Waals surface area (Å²) in [5.41, 5.74) is 2.17. The molecule has 1 aliphatic heterocycles. The number of carboxylic acid groups (broad SMARTS) is 1. The van der Waals surface area contributed by atoms with Gasteiger partial charge < -0.3 is 24.8 Å². The third kappa shape index (κ3) is 5.88. The summed E-state index contributed by atoms with van der Waals surface area (Å²) in [6.07, 6.45) is 0.0177. The lowest BCUT2D eigenvalue weighted by atomic mass is 10.0. The Labute approximate surface area is 191 Å². The van der Waals surface area contributed by atoms with E-state index in [4.69, 9.17) is 9.47 Å². The zero-order chi connectivity index (χ0) is 24.1. The van der Waals surface area contributed by atoms with E-state index in [1.165, 1.54) is 18.9 Å². The van der Waals surface area contributed by atoms with E-state index in [2.05, 4.69) is 5.32 Å². The summed E-state index contributed by atoms with van der Waals surface area (Å²) in [6.45, 7) is 3.31. The fourth-order valence-electron chi connectivity index (χ4n) is 3.71. The number of anilines is 1. The Morgan fingerprint density at radius 3 is 2.48 bits per heavy atom. The number of ether oxygens (including phenoxy) is 2. The summed E-state index contributed by atoms with van der Waals surface area (Å²) in [7, 11) is 1.51. The number of esters is 1.